The zero-order chi connectivity index (χ0) is 39.7. The first-order chi connectivity index (χ1) is 27.3. The quantitative estimate of drug-likeness (QED) is 0.136. The van der Waals surface area contributed by atoms with Crippen molar-refractivity contribution in [1.29, 1.82) is 21.0 Å². The highest BCUT2D eigenvalue weighted by molar-refractivity contribution is 6.33. The van der Waals surface area contributed by atoms with Crippen molar-refractivity contribution >= 4 is 56.2 Å². The van der Waals surface area contributed by atoms with Crippen LogP contribution in [0.5, 0.6) is 0 Å². The summed E-state index contributed by atoms with van der Waals surface area (Å²) in [7, 11) is 0. The van der Waals surface area contributed by atoms with Gasteiger partial charge in [0.05, 0.1) is 60.7 Å². The molecule has 56 heavy (non-hydrogen) atoms. The number of hydrogen-bond donors (Lipinski definition) is 0. The number of nitrogens with zero attached hydrogens (tertiary/aromatic N) is 8. The van der Waals surface area contributed by atoms with E-state index in [1.807, 2.05) is 18.2 Å². The van der Waals surface area contributed by atoms with E-state index >= 15 is 8.78 Å². The van der Waals surface area contributed by atoms with Crippen LogP contribution in [-0.4, -0.2) is 0 Å². The van der Waals surface area contributed by atoms with Gasteiger partial charge in [-0.3, -0.25) is 0 Å². The molecular formula is C46H16F2N8. The van der Waals surface area contributed by atoms with E-state index in [2.05, 4.69) is 25.4 Å². The Morgan fingerprint density at radius 1 is 0.536 bits per heavy atom. The molecule has 254 valence electrons. The lowest BCUT2D eigenvalue weighted by molar-refractivity contribution is 0.590. The number of benzene rings is 5. The summed E-state index contributed by atoms with van der Waals surface area (Å²) in [6.07, 6.45) is 0. The van der Waals surface area contributed by atoms with Gasteiger partial charge in [0.25, 0.3) is 0 Å². The molecule has 2 aliphatic rings. The zero-order valence-corrected chi connectivity index (χ0v) is 28.6. The van der Waals surface area contributed by atoms with Crippen LogP contribution in [0.3, 0.4) is 0 Å². The molecule has 0 heterocycles. The standard InChI is InChI=1S/C46H16F2N8/c1-53-31-18-29(19-32(20-31)54-2)33(23-51)37-36(28-13-9-6-10-14-28)46(56-4)42-39(37)44(48)40-38(43(42)47)34(24-52)35(27-11-7-5-8-12-27)41(40)45(55-3)30-16-25(21-49)15-26(17-30)22-50/h5-20H/b37-33+,45-41-. The van der Waals surface area contributed by atoms with E-state index < -0.39 is 33.9 Å². The number of nitriles is 4. The predicted molar refractivity (Wildman–Crippen MR) is 206 cm³/mol. The molecule has 0 spiro atoms. The molecule has 0 radical (unpaired) electrons. The minimum atomic E-state index is -1.15. The van der Waals surface area contributed by atoms with Gasteiger partial charge in [0, 0.05) is 27.8 Å². The maximum Gasteiger partial charge on any atom is 0.206 e. The van der Waals surface area contributed by atoms with E-state index in [0.29, 0.717) is 11.1 Å². The molecule has 0 saturated carbocycles. The smallest absolute Gasteiger partial charge is 0.206 e. The molecule has 0 unspecified atom stereocenters. The average Bonchev–Trinajstić information content (AvgIpc) is 3.78. The molecule has 0 amide bonds. The molecule has 0 atom stereocenters. The molecule has 5 aromatic rings. The summed E-state index contributed by atoms with van der Waals surface area (Å²) in [5.41, 5.74) is -2.79. The summed E-state index contributed by atoms with van der Waals surface area (Å²) < 4.78 is 36.0. The maximum absolute atomic E-state index is 18.2. The minimum Gasteiger partial charge on any atom is -0.239 e. The minimum absolute atomic E-state index is 0.00515. The lowest BCUT2D eigenvalue weighted by atomic mass is 9.86. The van der Waals surface area contributed by atoms with Gasteiger partial charge in [0.1, 0.15) is 23.8 Å². The zero-order valence-electron chi connectivity index (χ0n) is 28.6. The molecule has 0 N–H and O–H groups in total. The molecule has 0 saturated heterocycles. The Kier molecular flexibility index (Phi) is 8.88. The fourth-order valence-corrected chi connectivity index (χ4v) is 7.14. The van der Waals surface area contributed by atoms with Crippen LogP contribution in [0.1, 0.15) is 55.6 Å². The monoisotopic (exact) mass is 718 g/mol. The fourth-order valence-electron chi connectivity index (χ4n) is 7.14. The third-order valence-corrected chi connectivity index (χ3v) is 9.32. The third-order valence-electron chi connectivity index (χ3n) is 9.32. The molecule has 0 bridgehead atoms. The van der Waals surface area contributed by atoms with Crippen molar-refractivity contribution < 1.29 is 8.78 Å². The van der Waals surface area contributed by atoms with Crippen LogP contribution in [0.15, 0.2) is 97.1 Å². The summed E-state index contributed by atoms with van der Waals surface area (Å²) >= 11 is 0. The number of hydrogen-bond acceptors (Lipinski definition) is 4. The molecule has 7 rings (SSSR count). The Morgan fingerprint density at radius 3 is 1.55 bits per heavy atom. The van der Waals surface area contributed by atoms with Crippen LogP contribution in [0.4, 0.5) is 20.2 Å². The van der Waals surface area contributed by atoms with Crippen molar-refractivity contribution in [3.63, 3.8) is 0 Å². The van der Waals surface area contributed by atoms with Crippen molar-refractivity contribution in [3.05, 3.63) is 210 Å². The normalized spacial score (nSPS) is 14.0. The topological polar surface area (TPSA) is 113 Å². The Bertz CT molecular complexity index is 2840. The number of fused-ring (bicyclic) bond motifs is 2. The molecule has 5 aromatic carbocycles. The second-order valence-electron chi connectivity index (χ2n) is 12.2. The van der Waals surface area contributed by atoms with E-state index in [4.69, 9.17) is 26.3 Å². The number of allylic oxidation sites excluding steroid dienone is 6. The summed E-state index contributed by atoms with van der Waals surface area (Å²) in [4.78, 5) is 14.3. The third kappa shape index (κ3) is 5.36. The summed E-state index contributed by atoms with van der Waals surface area (Å²) in [5.74, 6) is -2.29. The molecule has 2 aliphatic carbocycles. The van der Waals surface area contributed by atoms with Crippen molar-refractivity contribution in [2.75, 3.05) is 0 Å². The molecule has 0 aromatic heterocycles. The lowest BCUT2D eigenvalue weighted by Crippen LogP contribution is -2.05. The van der Waals surface area contributed by atoms with Crippen LogP contribution in [-0.2, 0) is 0 Å². The van der Waals surface area contributed by atoms with Crippen LogP contribution in [0.2, 0.25) is 0 Å². The first kappa shape index (κ1) is 35.3. The van der Waals surface area contributed by atoms with Crippen molar-refractivity contribution in [1.82, 2.24) is 0 Å². The van der Waals surface area contributed by atoms with Crippen molar-refractivity contribution in [2.24, 2.45) is 0 Å². The van der Waals surface area contributed by atoms with Crippen molar-refractivity contribution in [2.45, 2.75) is 0 Å². The summed E-state index contributed by atoms with van der Waals surface area (Å²) in [6, 6.07) is 32.4. The van der Waals surface area contributed by atoms with Crippen LogP contribution >= 0.6 is 0 Å². The highest BCUT2D eigenvalue weighted by atomic mass is 19.1. The van der Waals surface area contributed by atoms with Gasteiger partial charge in [0.15, 0.2) is 11.4 Å². The Labute approximate surface area is 319 Å². The molecule has 10 heteroatoms. The average molecular weight is 719 g/mol. The van der Waals surface area contributed by atoms with E-state index in [1.54, 1.807) is 60.7 Å². The molecular weight excluding hydrogens is 703 g/mol. The highest BCUT2D eigenvalue weighted by Crippen LogP contribution is 2.59. The Hall–Kier alpha value is -9.16. The molecule has 0 aliphatic heterocycles. The van der Waals surface area contributed by atoms with Gasteiger partial charge in [-0.25, -0.2) is 28.2 Å². The largest absolute Gasteiger partial charge is 0.239 e. The van der Waals surface area contributed by atoms with Crippen LogP contribution in [0, 0.1) is 83.2 Å². The lowest BCUT2D eigenvalue weighted by Gasteiger charge is -2.18. The SMILES string of the molecule is [C-]#[N+]C1=C(c2ccccc2)/C(=C(/C#N)c2cc([N+]#[C-])cc([N+]#[C-])c2)c2c(F)c3c(c(F)c21)C(C#N)=C(c1ccccc1)/C3=C(/[N+]#[C-])c1cc(C#N)cc(C#N)c1. The second-order valence-corrected chi connectivity index (χ2v) is 12.2. The first-order valence-electron chi connectivity index (χ1n) is 16.3. The van der Waals surface area contributed by atoms with E-state index in [1.165, 1.54) is 36.4 Å². The van der Waals surface area contributed by atoms with Gasteiger partial charge >= 0.3 is 0 Å². The van der Waals surface area contributed by atoms with Gasteiger partial charge < -0.3 is 0 Å². The van der Waals surface area contributed by atoms with Gasteiger partial charge in [0.2, 0.25) is 11.4 Å². The summed E-state index contributed by atoms with van der Waals surface area (Å²) in [5, 5.41) is 41.1. The summed E-state index contributed by atoms with van der Waals surface area (Å²) in [6.45, 7) is 31.9. The number of rotatable bonds is 4. The van der Waals surface area contributed by atoms with Gasteiger partial charge in [-0.05, 0) is 57.2 Å². The second kappa shape index (κ2) is 14.1. The van der Waals surface area contributed by atoms with Crippen LogP contribution < -0.4 is 0 Å². The highest BCUT2D eigenvalue weighted by Gasteiger charge is 2.44. The van der Waals surface area contributed by atoms with E-state index in [9.17, 15) is 21.0 Å². The molecule has 0 fully saturated rings. The van der Waals surface area contributed by atoms with E-state index in [0.717, 1.165) is 0 Å². The van der Waals surface area contributed by atoms with Gasteiger partial charge in [-0.2, -0.15) is 21.0 Å². The van der Waals surface area contributed by atoms with Crippen molar-refractivity contribution in [3.8, 4) is 24.3 Å². The fraction of sp³-hybridized carbons (Fsp3) is 0. The van der Waals surface area contributed by atoms with Gasteiger partial charge in [-0.15, -0.1) is 0 Å². The number of halogens is 2. The first-order valence-corrected chi connectivity index (χ1v) is 16.3. The van der Waals surface area contributed by atoms with E-state index in [-0.39, 0.29) is 78.5 Å². The van der Waals surface area contributed by atoms with Gasteiger partial charge in [-0.1, -0.05) is 78.9 Å². The molecule has 8 nitrogen and oxygen atoms in total. The van der Waals surface area contributed by atoms with Crippen LogP contribution in [0.25, 0.3) is 64.2 Å². The Balaban J connectivity index is 1.73. The maximum atomic E-state index is 18.2. The predicted octanol–water partition coefficient (Wildman–Crippen LogP) is 11.3. The Morgan fingerprint density at radius 2 is 1.07 bits per heavy atom.